The molecule has 1 amide bonds. The maximum Gasteiger partial charge on any atom is 0.322 e. The molecule has 8 heteroatoms. The molecule has 0 spiro atoms. The number of nitrogens with zero attached hydrogens (tertiary/aromatic N) is 3. The summed E-state index contributed by atoms with van der Waals surface area (Å²) in [6, 6.07) is -0.253. The fourth-order valence-electron chi connectivity index (χ4n) is 1.30. The number of methoxy groups -OCH3 is 1. The third-order valence-corrected chi connectivity index (χ3v) is 2.32. The lowest BCUT2D eigenvalue weighted by molar-refractivity contribution is -0.121. The van der Waals surface area contributed by atoms with Crippen LogP contribution in [0.2, 0.25) is 0 Å². The van der Waals surface area contributed by atoms with Crippen molar-refractivity contribution in [1.82, 2.24) is 20.3 Å². The second kappa shape index (κ2) is 7.34. The van der Waals surface area contributed by atoms with Crippen molar-refractivity contribution in [2.45, 2.75) is 26.3 Å². The maximum absolute atomic E-state index is 11.4. The quantitative estimate of drug-likeness (QED) is 0.651. The average Bonchev–Trinajstić information content (AvgIpc) is 2.43. The van der Waals surface area contributed by atoms with Gasteiger partial charge in [0, 0.05) is 13.6 Å². The number of amides is 1. The van der Waals surface area contributed by atoms with Crippen LogP contribution in [0.15, 0.2) is 0 Å². The molecule has 1 rings (SSSR count). The molecule has 0 aliphatic heterocycles. The van der Waals surface area contributed by atoms with Crippen molar-refractivity contribution in [3.05, 3.63) is 0 Å². The number of hydrogen-bond acceptors (Lipinski definition) is 7. The summed E-state index contributed by atoms with van der Waals surface area (Å²) in [5, 5.41) is 8.48. The molecule has 0 radical (unpaired) electrons. The molecule has 0 saturated carbocycles. The lowest BCUT2D eigenvalue weighted by atomic mass is 10.3. The fraction of sp³-hybridized carbons (Fsp3) is 0.636. The van der Waals surface area contributed by atoms with Crippen molar-refractivity contribution in [2.24, 2.45) is 0 Å². The Morgan fingerprint density at radius 1 is 1.32 bits per heavy atom. The average molecular weight is 268 g/mol. The molecular weight excluding hydrogens is 248 g/mol. The van der Waals surface area contributed by atoms with Crippen LogP contribution in [0.1, 0.15) is 20.3 Å². The zero-order valence-electron chi connectivity index (χ0n) is 11.6. The van der Waals surface area contributed by atoms with Crippen LogP contribution in [0.5, 0.6) is 6.01 Å². The van der Waals surface area contributed by atoms with Gasteiger partial charge in [-0.2, -0.15) is 15.0 Å². The number of carbonyl (C=O) groups excluding carboxylic acids is 1. The molecule has 1 aromatic rings. The number of hydrogen-bond donors (Lipinski definition) is 3. The normalized spacial score (nSPS) is 11.6. The van der Waals surface area contributed by atoms with Crippen LogP contribution in [0.3, 0.4) is 0 Å². The molecule has 1 unspecified atom stereocenters. The third-order valence-electron chi connectivity index (χ3n) is 2.32. The first-order valence-corrected chi connectivity index (χ1v) is 6.12. The Morgan fingerprint density at radius 2 is 2.00 bits per heavy atom. The Hall–Kier alpha value is -2.12. The highest BCUT2D eigenvalue weighted by Gasteiger charge is 2.14. The van der Waals surface area contributed by atoms with Gasteiger partial charge in [0.25, 0.3) is 0 Å². The van der Waals surface area contributed by atoms with Crippen LogP contribution in [-0.2, 0) is 4.79 Å². The summed E-state index contributed by atoms with van der Waals surface area (Å²) in [4.78, 5) is 23.7. The summed E-state index contributed by atoms with van der Waals surface area (Å²) in [5.74, 6) is 0.560. The van der Waals surface area contributed by atoms with Crippen molar-refractivity contribution in [1.29, 1.82) is 0 Å². The summed E-state index contributed by atoms with van der Waals surface area (Å²) in [6.45, 7) is 4.50. The third kappa shape index (κ3) is 4.57. The summed E-state index contributed by atoms with van der Waals surface area (Å²) < 4.78 is 5.00. The maximum atomic E-state index is 11.4. The highest BCUT2D eigenvalue weighted by molar-refractivity contribution is 5.83. The van der Waals surface area contributed by atoms with E-state index in [1.165, 1.54) is 7.11 Å². The number of rotatable bonds is 7. The van der Waals surface area contributed by atoms with E-state index in [1.807, 2.05) is 6.92 Å². The van der Waals surface area contributed by atoms with Gasteiger partial charge in [0.05, 0.1) is 7.11 Å². The molecule has 0 aromatic carbocycles. The molecule has 0 bridgehead atoms. The highest BCUT2D eigenvalue weighted by atomic mass is 16.5. The van der Waals surface area contributed by atoms with E-state index >= 15 is 0 Å². The van der Waals surface area contributed by atoms with Gasteiger partial charge in [-0.05, 0) is 13.3 Å². The molecular formula is C11H20N6O2. The minimum atomic E-state index is -0.448. The largest absolute Gasteiger partial charge is 0.467 e. The molecule has 1 heterocycles. The molecule has 3 N–H and O–H groups in total. The van der Waals surface area contributed by atoms with Gasteiger partial charge in [-0.3, -0.25) is 4.79 Å². The molecule has 0 aliphatic carbocycles. The van der Waals surface area contributed by atoms with Crippen LogP contribution >= 0.6 is 0 Å². The SMILES string of the molecule is CCCNc1nc(NC(C)C(=O)NC)nc(OC)n1. The van der Waals surface area contributed by atoms with Crippen molar-refractivity contribution >= 4 is 17.8 Å². The van der Waals surface area contributed by atoms with Gasteiger partial charge >= 0.3 is 6.01 Å². The molecule has 0 fully saturated rings. The standard InChI is InChI=1S/C11H20N6O2/c1-5-6-13-9-15-10(17-11(16-9)19-4)14-7(2)8(18)12-3/h7H,5-6H2,1-4H3,(H,12,18)(H2,13,14,15,16,17). The Kier molecular flexibility index (Phi) is 5.77. The van der Waals surface area contributed by atoms with Crippen LogP contribution in [0, 0.1) is 0 Å². The summed E-state index contributed by atoms with van der Waals surface area (Å²) in [7, 11) is 3.05. The number of ether oxygens (including phenoxy) is 1. The van der Waals surface area contributed by atoms with Crippen LogP contribution in [0.25, 0.3) is 0 Å². The van der Waals surface area contributed by atoms with Gasteiger partial charge < -0.3 is 20.7 Å². The van der Waals surface area contributed by atoms with E-state index in [4.69, 9.17) is 4.74 Å². The molecule has 19 heavy (non-hydrogen) atoms. The van der Waals surface area contributed by atoms with E-state index in [1.54, 1.807) is 14.0 Å². The number of anilines is 2. The van der Waals surface area contributed by atoms with E-state index in [-0.39, 0.29) is 11.9 Å². The van der Waals surface area contributed by atoms with Crippen LogP contribution in [0.4, 0.5) is 11.9 Å². The summed E-state index contributed by atoms with van der Waals surface area (Å²) in [5.41, 5.74) is 0. The van der Waals surface area contributed by atoms with E-state index in [9.17, 15) is 4.79 Å². The van der Waals surface area contributed by atoms with E-state index < -0.39 is 6.04 Å². The lowest BCUT2D eigenvalue weighted by Crippen LogP contribution is -2.35. The van der Waals surface area contributed by atoms with Crippen molar-refractivity contribution < 1.29 is 9.53 Å². The number of likely N-dealkylation sites (N-methyl/N-ethyl adjacent to an activating group) is 1. The van der Waals surface area contributed by atoms with Gasteiger partial charge in [-0.1, -0.05) is 6.92 Å². The topological polar surface area (TPSA) is 101 Å². The minimum absolute atomic E-state index is 0.151. The first kappa shape index (κ1) is 14.9. The first-order valence-electron chi connectivity index (χ1n) is 6.12. The summed E-state index contributed by atoms with van der Waals surface area (Å²) >= 11 is 0. The van der Waals surface area contributed by atoms with E-state index in [0.717, 1.165) is 13.0 Å². The Labute approximate surface area is 112 Å². The van der Waals surface area contributed by atoms with Crippen molar-refractivity contribution in [2.75, 3.05) is 31.3 Å². The monoisotopic (exact) mass is 268 g/mol. The second-order valence-electron chi connectivity index (χ2n) is 3.88. The Bertz CT molecular complexity index is 426. The number of carbonyl (C=O) groups is 1. The molecule has 0 saturated heterocycles. The minimum Gasteiger partial charge on any atom is -0.467 e. The molecule has 8 nitrogen and oxygen atoms in total. The lowest BCUT2D eigenvalue weighted by Gasteiger charge is -2.13. The predicted molar refractivity (Wildman–Crippen MR) is 72.3 cm³/mol. The fourth-order valence-corrected chi connectivity index (χ4v) is 1.30. The van der Waals surface area contributed by atoms with Crippen molar-refractivity contribution in [3.8, 4) is 6.01 Å². The van der Waals surface area contributed by atoms with Gasteiger partial charge in [0.2, 0.25) is 17.8 Å². The van der Waals surface area contributed by atoms with E-state index in [2.05, 4.69) is 30.9 Å². The molecule has 1 aromatic heterocycles. The molecule has 106 valence electrons. The second-order valence-corrected chi connectivity index (χ2v) is 3.88. The van der Waals surface area contributed by atoms with Crippen LogP contribution < -0.4 is 20.7 Å². The van der Waals surface area contributed by atoms with E-state index in [0.29, 0.717) is 11.9 Å². The van der Waals surface area contributed by atoms with Gasteiger partial charge in [0.1, 0.15) is 6.04 Å². The zero-order valence-corrected chi connectivity index (χ0v) is 11.6. The number of aromatic nitrogens is 3. The Balaban J connectivity index is 2.84. The smallest absolute Gasteiger partial charge is 0.322 e. The highest BCUT2D eigenvalue weighted by Crippen LogP contribution is 2.11. The first-order chi connectivity index (χ1) is 9.10. The summed E-state index contributed by atoms with van der Waals surface area (Å²) in [6.07, 6.45) is 0.950. The van der Waals surface area contributed by atoms with Gasteiger partial charge in [0.15, 0.2) is 0 Å². The zero-order chi connectivity index (χ0) is 14.3. The number of nitrogens with one attached hydrogen (secondary N) is 3. The Morgan fingerprint density at radius 3 is 2.58 bits per heavy atom. The van der Waals surface area contributed by atoms with Crippen molar-refractivity contribution in [3.63, 3.8) is 0 Å². The van der Waals surface area contributed by atoms with Gasteiger partial charge in [-0.25, -0.2) is 0 Å². The molecule has 1 atom stereocenters. The van der Waals surface area contributed by atoms with Gasteiger partial charge in [-0.15, -0.1) is 0 Å². The predicted octanol–water partition coefficient (Wildman–Crippen LogP) is 0.249. The van der Waals surface area contributed by atoms with Crippen LogP contribution in [-0.4, -0.2) is 47.6 Å². The molecule has 0 aliphatic rings.